The Kier molecular flexibility index (Phi) is 7.64. The van der Waals surface area contributed by atoms with Crippen LogP contribution in [0.2, 0.25) is 5.02 Å². The standard InChI is InChI=1S/C31H29ClFN7O4/c1-31(2,42)29-35-22(44-38-29)11-12-23(41)40-15-17(16-40)14-39(3)28-20-13-34-26(25(33)27(20)36-30(37-28)43-4)19-9-5-7-18-8-6-10-21(32)24(18)19/h5-13,17,42H,14-16H2,1-4H3/b12-11+. The topological polar surface area (TPSA) is 131 Å². The molecule has 13 heteroatoms. The molecule has 0 unspecified atom stereocenters. The second kappa shape index (κ2) is 11.4. The second-order valence-electron chi connectivity index (χ2n) is 11.2. The van der Waals surface area contributed by atoms with Crippen LogP contribution in [-0.2, 0) is 10.4 Å². The molecule has 0 aliphatic carbocycles. The third kappa shape index (κ3) is 5.53. The van der Waals surface area contributed by atoms with E-state index in [1.165, 1.54) is 19.3 Å². The number of rotatable bonds is 8. The van der Waals surface area contributed by atoms with E-state index < -0.39 is 11.4 Å². The molecule has 1 saturated heterocycles. The number of anilines is 1. The average Bonchev–Trinajstić information content (AvgIpc) is 3.47. The number of halogens is 2. The van der Waals surface area contributed by atoms with Crippen LogP contribution in [0.25, 0.3) is 39.0 Å². The molecule has 4 heterocycles. The van der Waals surface area contributed by atoms with Crippen LogP contribution in [0.15, 0.2) is 53.2 Å². The second-order valence-corrected chi connectivity index (χ2v) is 11.6. The zero-order chi connectivity index (χ0) is 31.2. The first kappa shape index (κ1) is 29.4. The summed E-state index contributed by atoms with van der Waals surface area (Å²) in [6.07, 6.45) is 4.35. The van der Waals surface area contributed by atoms with Crippen LogP contribution in [0.1, 0.15) is 25.6 Å². The van der Waals surface area contributed by atoms with Crippen LogP contribution in [0.5, 0.6) is 6.01 Å². The molecule has 5 aromatic rings. The van der Waals surface area contributed by atoms with Crippen LogP contribution in [0, 0.1) is 11.7 Å². The molecule has 2 aromatic carbocycles. The van der Waals surface area contributed by atoms with E-state index in [0.717, 1.165) is 5.39 Å². The van der Waals surface area contributed by atoms with E-state index in [1.54, 1.807) is 37.1 Å². The number of pyridine rings is 1. The molecule has 0 saturated carbocycles. The van der Waals surface area contributed by atoms with Crippen LogP contribution >= 0.6 is 11.6 Å². The van der Waals surface area contributed by atoms with Gasteiger partial charge in [0.2, 0.25) is 11.7 Å². The summed E-state index contributed by atoms with van der Waals surface area (Å²) in [6, 6.07) is 11.1. The molecule has 1 amide bonds. The van der Waals surface area contributed by atoms with Crippen molar-refractivity contribution in [1.82, 2.24) is 30.0 Å². The quantitative estimate of drug-likeness (QED) is 0.241. The maximum atomic E-state index is 16.2. The van der Waals surface area contributed by atoms with Gasteiger partial charge >= 0.3 is 6.01 Å². The fourth-order valence-electron chi connectivity index (χ4n) is 5.22. The number of nitrogens with zero attached hydrogens (tertiary/aromatic N) is 7. The number of hydrogen-bond acceptors (Lipinski definition) is 10. The van der Waals surface area contributed by atoms with Crippen LogP contribution in [-0.4, -0.2) is 74.8 Å². The van der Waals surface area contributed by atoms with Gasteiger partial charge in [0.25, 0.3) is 5.89 Å². The Morgan fingerprint density at radius 2 is 1.98 bits per heavy atom. The number of ether oxygens (including phenoxy) is 1. The van der Waals surface area contributed by atoms with Crippen LogP contribution in [0.3, 0.4) is 0 Å². The predicted octanol–water partition coefficient (Wildman–Crippen LogP) is 4.86. The molecule has 0 bridgehead atoms. The Bertz CT molecular complexity index is 1910. The molecule has 1 fully saturated rings. The highest BCUT2D eigenvalue weighted by atomic mass is 35.5. The van der Waals surface area contributed by atoms with Gasteiger partial charge in [-0.25, -0.2) is 4.39 Å². The van der Waals surface area contributed by atoms with Crippen LogP contribution in [0.4, 0.5) is 10.2 Å². The summed E-state index contributed by atoms with van der Waals surface area (Å²) in [5.41, 5.74) is -0.476. The number of amides is 1. The molecule has 11 nitrogen and oxygen atoms in total. The van der Waals surface area contributed by atoms with Crippen molar-refractivity contribution in [2.24, 2.45) is 5.92 Å². The van der Waals surface area contributed by atoms with Crippen molar-refractivity contribution >= 4 is 51.1 Å². The van der Waals surface area contributed by atoms with Gasteiger partial charge in [0, 0.05) is 66.9 Å². The fraction of sp³-hybridized carbons (Fsp3) is 0.290. The van der Waals surface area contributed by atoms with Crippen molar-refractivity contribution in [1.29, 1.82) is 0 Å². The van der Waals surface area contributed by atoms with Crippen molar-refractivity contribution in [2.45, 2.75) is 19.4 Å². The summed E-state index contributed by atoms with van der Waals surface area (Å²) in [5.74, 6) is 0.0684. The molecule has 0 spiro atoms. The third-order valence-corrected chi connectivity index (χ3v) is 7.77. The third-order valence-electron chi connectivity index (χ3n) is 7.46. The van der Waals surface area contributed by atoms with E-state index in [0.29, 0.717) is 46.8 Å². The Morgan fingerprint density at radius 1 is 1.23 bits per heavy atom. The van der Waals surface area contributed by atoms with Crippen molar-refractivity contribution < 1.29 is 23.6 Å². The largest absolute Gasteiger partial charge is 0.467 e. The smallest absolute Gasteiger partial charge is 0.318 e. The molecule has 0 atom stereocenters. The number of carbonyl (C=O) groups is 1. The van der Waals surface area contributed by atoms with Gasteiger partial charge in [-0.15, -0.1) is 0 Å². The van der Waals surface area contributed by atoms with Crippen molar-refractivity contribution in [2.75, 3.05) is 38.7 Å². The number of likely N-dealkylation sites (tertiary alicyclic amines) is 1. The van der Waals surface area contributed by atoms with E-state index in [4.69, 9.17) is 20.9 Å². The zero-order valence-electron chi connectivity index (χ0n) is 24.5. The lowest BCUT2D eigenvalue weighted by Crippen LogP contribution is -2.53. The molecular formula is C31H29ClFN7O4. The van der Waals surface area contributed by atoms with Crippen molar-refractivity contribution in [3.8, 4) is 17.3 Å². The summed E-state index contributed by atoms with van der Waals surface area (Å²) in [7, 11) is 3.27. The highest BCUT2D eigenvalue weighted by molar-refractivity contribution is 6.36. The van der Waals surface area contributed by atoms with Gasteiger partial charge in [0.05, 0.1) is 12.5 Å². The van der Waals surface area contributed by atoms with E-state index in [9.17, 15) is 9.90 Å². The van der Waals surface area contributed by atoms with Crippen LogP contribution < -0.4 is 9.64 Å². The van der Waals surface area contributed by atoms with E-state index in [-0.39, 0.29) is 40.8 Å². The first-order chi connectivity index (χ1) is 21.0. The molecule has 1 N–H and O–H groups in total. The Labute approximate surface area is 256 Å². The normalized spacial score (nSPS) is 14.0. The van der Waals surface area contributed by atoms with Gasteiger partial charge < -0.3 is 24.2 Å². The van der Waals surface area contributed by atoms with Crippen molar-refractivity contribution in [3.05, 3.63) is 71.2 Å². The molecule has 44 heavy (non-hydrogen) atoms. The number of benzene rings is 2. The average molecular weight is 618 g/mol. The highest BCUT2D eigenvalue weighted by Crippen LogP contribution is 2.37. The maximum Gasteiger partial charge on any atom is 0.318 e. The summed E-state index contributed by atoms with van der Waals surface area (Å²) in [5, 5.41) is 16.2. The van der Waals surface area contributed by atoms with Gasteiger partial charge in [-0.05, 0) is 25.3 Å². The summed E-state index contributed by atoms with van der Waals surface area (Å²) < 4.78 is 26.6. The molecule has 1 aliphatic heterocycles. The number of hydrogen-bond donors (Lipinski definition) is 1. The monoisotopic (exact) mass is 617 g/mol. The first-order valence-corrected chi connectivity index (χ1v) is 14.2. The molecule has 1 aliphatic rings. The molecule has 226 valence electrons. The fourth-order valence-corrected chi connectivity index (χ4v) is 5.51. The zero-order valence-corrected chi connectivity index (χ0v) is 25.2. The maximum absolute atomic E-state index is 16.2. The lowest BCUT2D eigenvalue weighted by Gasteiger charge is -2.40. The number of aromatic nitrogens is 5. The Morgan fingerprint density at radius 3 is 2.68 bits per heavy atom. The minimum Gasteiger partial charge on any atom is -0.467 e. The Balaban J connectivity index is 1.20. The minimum absolute atomic E-state index is 0.0238. The lowest BCUT2D eigenvalue weighted by molar-refractivity contribution is -0.131. The highest BCUT2D eigenvalue weighted by Gasteiger charge is 2.31. The van der Waals surface area contributed by atoms with E-state index >= 15 is 4.39 Å². The van der Waals surface area contributed by atoms with Gasteiger partial charge in [-0.2, -0.15) is 15.0 Å². The molecule has 0 radical (unpaired) electrons. The number of carbonyl (C=O) groups excluding carboxylic acids is 1. The van der Waals surface area contributed by atoms with Gasteiger partial charge in [0.1, 0.15) is 22.6 Å². The van der Waals surface area contributed by atoms with Gasteiger partial charge in [-0.1, -0.05) is 47.1 Å². The Hall–Kier alpha value is -4.68. The van der Waals surface area contributed by atoms with E-state index in [1.807, 2.05) is 36.2 Å². The lowest BCUT2D eigenvalue weighted by atomic mass is 9.99. The van der Waals surface area contributed by atoms with Crippen molar-refractivity contribution in [3.63, 3.8) is 0 Å². The molecule has 3 aromatic heterocycles. The number of fused-ring (bicyclic) bond motifs is 2. The predicted molar refractivity (Wildman–Crippen MR) is 164 cm³/mol. The number of methoxy groups -OCH3 is 1. The van der Waals surface area contributed by atoms with E-state index in [2.05, 4.69) is 25.1 Å². The summed E-state index contributed by atoms with van der Waals surface area (Å²) in [6.45, 7) is 4.67. The minimum atomic E-state index is -1.25. The molecular weight excluding hydrogens is 589 g/mol. The first-order valence-electron chi connectivity index (χ1n) is 13.9. The SMILES string of the molecule is COc1nc(N(C)CC2CN(C(=O)/C=C/c3nc(C(C)(C)O)no3)C2)c2cnc(-c3cccc4cccc(Cl)c34)c(F)c2n1. The van der Waals surface area contributed by atoms with Gasteiger partial charge in [0.15, 0.2) is 5.82 Å². The van der Waals surface area contributed by atoms with Gasteiger partial charge in [-0.3, -0.25) is 9.78 Å². The number of aliphatic hydroxyl groups is 1. The molecule has 6 rings (SSSR count). The summed E-state index contributed by atoms with van der Waals surface area (Å²) in [4.78, 5) is 33.6. The summed E-state index contributed by atoms with van der Waals surface area (Å²) >= 11 is 6.51.